The number of rotatable bonds is 0. The topological polar surface area (TPSA) is 66.6 Å². The highest BCUT2D eigenvalue weighted by Gasteiger charge is 2.45. The molecule has 0 bridgehead atoms. The molecule has 2 aliphatic rings. The normalized spacial score (nSPS) is 44.9. The van der Waals surface area contributed by atoms with Crippen molar-refractivity contribution in [3.63, 3.8) is 0 Å². The van der Waals surface area contributed by atoms with E-state index in [1.54, 1.807) is 0 Å². The van der Waals surface area contributed by atoms with Gasteiger partial charge in [0, 0.05) is 19.5 Å². The number of hydrogen-bond donors (Lipinski definition) is 2. The second kappa shape index (κ2) is 2.27. The fraction of sp³-hybridized carbons (Fsp3) is 0.857. The molecule has 0 aliphatic carbocycles. The zero-order chi connectivity index (χ0) is 8.01. The van der Waals surface area contributed by atoms with Gasteiger partial charge in [-0.1, -0.05) is 0 Å². The molecule has 62 valence electrons. The Morgan fingerprint density at radius 1 is 1.64 bits per heavy atom. The summed E-state index contributed by atoms with van der Waals surface area (Å²) in [7, 11) is 0. The van der Waals surface area contributed by atoms with Crippen molar-refractivity contribution in [2.24, 2.45) is 5.73 Å². The first-order valence-corrected chi connectivity index (χ1v) is 3.90. The van der Waals surface area contributed by atoms with Gasteiger partial charge in [-0.3, -0.25) is 9.69 Å². The summed E-state index contributed by atoms with van der Waals surface area (Å²) in [5.74, 6) is 0.189. The van der Waals surface area contributed by atoms with E-state index >= 15 is 0 Å². The van der Waals surface area contributed by atoms with Crippen LogP contribution in [0.25, 0.3) is 0 Å². The van der Waals surface area contributed by atoms with Crippen LogP contribution in [0, 0.1) is 0 Å². The SMILES string of the molecule is N[C@H]1C(O)CN2CCC(=O)C12. The number of carbonyl (C=O) groups excluding carboxylic acids is 1. The van der Waals surface area contributed by atoms with Crippen molar-refractivity contribution in [1.29, 1.82) is 0 Å². The largest absolute Gasteiger partial charge is 0.390 e. The number of hydrogen-bond acceptors (Lipinski definition) is 4. The fourth-order valence-corrected chi connectivity index (χ4v) is 1.98. The van der Waals surface area contributed by atoms with Crippen LogP contribution in [0.2, 0.25) is 0 Å². The molecule has 3 atom stereocenters. The lowest BCUT2D eigenvalue weighted by molar-refractivity contribution is -0.119. The zero-order valence-electron chi connectivity index (χ0n) is 6.23. The van der Waals surface area contributed by atoms with Crippen molar-refractivity contribution in [2.45, 2.75) is 24.6 Å². The molecule has 0 saturated carbocycles. The van der Waals surface area contributed by atoms with Crippen LogP contribution in [-0.4, -0.2) is 47.1 Å². The van der Waals surface area contributed by atoms with Crippen LogP contribution in [0.5, 0.6) is 0 Å². The monoisotopic (exact) mass is 156 g/mol. The van der Waals surface area contributed by atoms with Crippen molar-refractivity contribution < 1.29 is 9.90 Å². The molecule has 2 heterocycles. The van der Waals surface area contributed by atoms with E-state index in [2.05, 4.69) is 0 Å². The first kappa shape index (κ1) is 7.21. The van der Waals surface area contributed by atoms with Crippen LogP contribution >= 0.6 is 0 Å². The number of ketones is 1. The van der Waals surface area contributed by atoms with E-state index in [1.165, 1.54) is 0 Å². The first-order chi connectivity index (χ1) is 5.20. The average molecular weight is 156 g/mol. The quantitative estimate of drug-likeness (QED) is 0.440. The van der Waals surface area contributed by atoms with Gasteiger partial charge in [0.25, 0.3) is 0 Å². The van der Waals surface area contributed by atoms with Crippen molar-refractivity contribution in [3.8, 4) is 0 Å². The molecule has 3 N–H and O–H groups in total. The summed E-state index contributed by atoms with van der Waals surface area (Å²) in [6, 6.07) is -0.546. The molecule has 2 fully saturated rings. The van der Waals surface area contributed by atoms with E-state index < -0.39 is 6.10 Å². The smallest absolute Gasteiger partial charge is 0.152 e. The van der Waals surface area contributed by atoms with Gasteiger partial charge >= 0.3 is 0 Å². The number of nitrogens with two attached hydrogens (primary N) is 1. The molecule has 4 heteroatoms. The molecule has 0 amide bonds. The van der Waals surface area contributed by atoms with Crippen LogP contribution in [0.15, 0.2) is 0 Å². The highest BCUT2D eigenvalue weighted by molar-refractivity contribution is 5.87. The van der Waals surface area contributed by atoms with Crippen molar-refractivity contribution in [1.82, 2.24) is 4.90 Å². The Balaban J connectivity index is 2.20. The predicted octanol–water partition coefficient (Wildman–Crippen LogP) is -1.67. The Morgan fingerprint density at radius 2 is 2.36 bits per heavy atom. The molecule has 2 aliphatic heterocycles. The second-order valence-corrected chi connectivity index (χ2v) is 3.30. The summed E-state index contributed by atoms with van der Waals surface area (Å²) in [5.41, 5.74) is 5.64. The van der Waals surface area contributed by atoms with Gasteiger partial charge in [-0.2, -0.15) is 0 Å². The van der Waals surface area contributed by atoms with Gasteiger partial charge in [0.1, 0.15) is 0 Å². The maximum Gasteiger partial charge on any atom is 0.152 e. The molecule has 0 radical (unpaired) electrons. The molecule has 2 unspecified atom stereocenters. The molecule has 0 spiro atoms. The lowest BCUT2D eigenvalue weighted by Crippen LogP contribution is -2.43. The third-order valence-corrected chi connectivity index (χ3v) is 2.60. The standard InChI is InChI=1S/C7H12N2O2/c8-6-5(11)3-9-2-1-4(10)7(6)9/h5-7,11H,1-3,8H2/t5?,6-,7?/m0/s1. The third kappa shape index (κ3) is 0.903. The summed E-state index contributed by atoms with van der Waals surface area (Å²) in [5, 5.41) is 9.30. The Labute approximate surface area is 65.0 Å². The summed E-state index contributed by atoms with van der Waals surface area (Å²) in [4.78, 5) is 13.1. The molecule has 2 saturated heterocycles. The van der Waals surface area contributed by atoms with E-state index in [0.717, 1.165) is 6.54 Å². The molecular weight excluding hydrogens is 144 g/mol. The number of fused-ring (bicyclic) bond motifs is 1. The Bertz CT molecular complexity index is 193. The minimum atomic E-state index is -0.510. The van der Waals surface area contributed by atoms with Crippen molar-refractivity contribution >= 4 is 5.78 Å². The lowest BCUT2D eigenvalue weighted by atomic mass is 10.1. The number of Topliss-reactive ketones (excluding diaryl/α,β-unsaturated/α-hetero) is 1. The molecule has 11 heavy (non-hydrogen) atoms. The highest BCUT2D eigenvalue weighted by atomic mass is 16.3. The third-order valence-electron chi connectivity index (χ3n) is 2.60. The number of aliphatic hydroxyl groups excluding tert-OH is 1. The second-order valence-electron chi connectivity index (χ2n) is 3.30. The minimum absolute atomic E-state index is 0.189. The predicted molar refractivity (Wildman–Crippen MR) is 39.0 cm³/mol. The van der Waals surface area contributed by atoms with E-state index in [0.29, 0.717) is 13.0 Å². The maximum atomic E-state index is 11.2. The van der Waals surface area contributed by atoms with Crippen molar-refractivity contribution in [3.05, 3.63) is 0 Å². The molecule has 0 aromatic heterocycles. The minimum Gasteiger partial charge on any atom is -0.390 e. The maximum absolute atomic E-state index is 11.2. The van der Waals surface area contributed by atoms with E-state index in [4.69, 9.17) is 5.73 Å². The average Bonchev–Trinajstić information content (AvgIpc) is 2.41. The van der Waals surface area contributed by atoms with Gasteiger partial charge < -0.3 is 10.8 Å². The van der Waals surface area contributed by atoms with Crippen molar-refractivity contribution in [2.75, 3.05) is 13.1 Å². The first-order valence-electron chi connectivity index (χ1n) is 3.90. The van der Waals surface area contributed by atoms with Crippen LogP contribution < -0.4 is 5.73 Å². The Hall–Kier alpha value is -0.450. The van der Waals surface area contributed by atoms with E-state index in [1.807, 2.05) is 4.90 Å². The van der Waals surface area contributed by atoms with Gasteiger partial charge in [-0.25, -0.2) is 0 Å². The zero-order valence-corrected chi connectivity index (χ0v) is 6.23. The van der Waals surface area contributed by atoms with Gasteiger partial charge in [-0.15, -0.1) is 0 Å². The summed E-state index contributed by atoms with van der Waals surface area (Å²) in [6.07, 6.45) is 0.0923. The van der Waals surface area contributed by atoms with Crippen LogP contribution in [0.1, 0.15) is 6.42 Å². The van der Waals surface area contributed by atoms with Crippen LogP contribution in [-0.2, 0) is 4.79 Å². The number of carbonyl (C=O) groups is 1. The van der Waals surface area contributed by atoms with E-state index in [-0.39, 0.29) is 17.9 Å². The summed E-state index contributed by atoms with van der Waals surface area (Å²) in [6.45, 7) is 1.34. The number of aliphatic hydroxyl groups is 1. The van der Waals surface area contributed by atoms with Gasteiger partial charge in [-0.05, 0) is 0 Å². The number of nitrogens with zero attached hydrogens (tertiary/aromatic N) is 1. The van der Waals surface area contributed by atoms with Gasteiger partial charge in [0.2, 0.25) is 0 Å². The van der Waals surface area contributed by atoms with Crippen LogP contribution in [0.3, 0.4) is 0 Å². The highest BCUT2D eigenvalue weighted by Crippen LogP contribution is 2.24. The lowest BCUT2D eigenvalue weighted by Gasteiger charge is -2.14. The van der Waals surface area contributed by atoms with Crippen LogP contribution in [0.4, 0.5) is 0 Å². The Kier molecular flexibility index (Phi) is 1.49. The van der Waals surface area contributed by atoms with Gasteiger partial charge in [0.15, 0.2) is 5.78 Å². The molecule has 2 rings (SSSR count). The fourth-order valence-electron chi connectivity index (χ4n) is 1.98. The summed E-state index contributed by atoms with van der Waals surface area (Å²) < 4.78 is 0. The molecule has 4 nitrogen and oxygen atoms in total. The van der Waals surface area contributed by atoms with E-state index in [9.17, 15) is 9.90 Å². The molecular formula is C7H12N2O2. The Morgan fingerprint density at radius 3 is 3.00 bits per heavy atom. The molecule has 0 aromatic carbocycles. The summed E-state index contributed by atoms with van der Waals surface area (Å²) >= 11 is 0. The van der Waals surface area contributed by atoms with Gasteiger partial charge in [0.05, 0.1) is 18.2 Å². The molecule has 0 aromatic rings.